The third-order valence-corrected chi connectivity index (χ3v) is 16.9. The van der Waals surface area contributed by atoms with Crippen molar-refractivity contribution >= 4 is 39.5 Å². The second-order valence-corrected chi connectivity index (χ2v) is 27.3. The van der Waals surface area contributed by atoms with Gasteiger partial charge in [0.15, 0.2) is 12.2 Å². The smallest absolute Gasteiger partial charge is 0.462 e. The lowest BCUT2D eigenvalue weighted by atomic mass is 10.00. The van der Waals surface area contributed by atoms with Crippen LogP contribution in [0, 0.1) is 17.8 Å². The van der Waals surface area contributed by atoms with E-state index in [9.17, 15) is 43.2 Å². The molecule has 0 fully saturated rings. The normalized spacial score (nSPS) is 14.7. The Kier molecular flexibility index (Phi) is 54.1. The van der Waals surface area contributed by atoms with E-state index in [2.05, 4.69) is 48.5 Å². The summed E-state index contributed by atoms with van der Waals surface area (Å²) in [5.41, 5.74) is 0. The van der Waals surface area contributed by atoms with E-state index in [-0.39, 0.29) is 25.7 Å². The maximum Gasteiger partial charge on any atom is 0.472 e. The van der Waals surface area contributed by atoms with Crippen molar-refractivity contribution in [2.24, 2.45) is 17.8 Å². The molecular weight excluding hydrogens is 1100 g/mol. The van der Waals surface area contributed by atoms with Crippen LogP contribution < -0.4 is 0 Å². The summed E-state index contributed by atoms with van der Waals surface area (Å²) in [6, 6.07) is 0. The molecule has 3 N–H and O–H groups in total. The number of phosphoric acid groups is 2. The number of carbonyl (C=O) groups excluding carboxylic acids is 4. The van der Waals surface area contributed by atoms with Crippen molar-refractivity contribution in [3.63, 3.8) is 0 Å². The third-order valence-electron chi connectivity index (χ3n) is 15.0. The van der Waals surface area contributed by atoms with Gasteiger partial charge in [0.1, 0.15) is 19.3 Å². The van der Waals surface area contributed by atoms with Crippen molar-refractivity contribution in [2.45, 2.75) is 330 Å². The van der Waals surface area contributed by atoms with Gasteiger partial charge in [0.25, 0.3) is 0 Å². The van der Waals surface area contributed by atoms with Gasteiger partial charge in [0.05, 0.1) is 26.4 Å². The number of aliphatic hydroxyl groups is 1. The number of esters is 4. The van der Waals surface area contributed by atoms with Gasteiger partial charge in [-0.3, -0.25) is 37.3 Å². The van der Waals surface area contributed by atoms with Crippen molar-refractivity contribution in [3.05, 3.63) is 0 Å². The van der Waals surface area contributed by atoms with Gasteiger partial charge in [0.2, 0.25) is 0 Å². The zero-order valence-corrected chi connectivity index (χ0v) is 55.4. The van der Waals surface area contributed by atoms with Crippen molar-refractivity contribution in [3.8, 4) is 0 Å². The highest BCUT2D eigenvalue weighted by atomic mass is 31.2. The fourth-order valence-corrected chi connectivity index (χ4v) is 11.0. The zero-order chi connectivity index (χ0) is 61.7. The lowest BCUT2D eigenvalue weighted by molar-refractivity contribution is -0.161. The van der Waals surface area contributed by atoms with Crippen LogP contribution >= 0.6 is 15.6 Å². The number of hydrogen-bond donors (Lipinski definition) is 3. The van der Waals surface area contributed by atoms with Crippen LogP contribution in [-0.4, -0.2) is 96.7 Å². The van der Waals surface area contributed by atoms with Crippen molar-refractivity contribution in [2.75, 3.05) is 39.6 Å². The van der Waals surface area contributed by atoms with E-state index in [4.69, 9.17) is 37.0 Å². The molecular formula is C64H124O17P2. The highest BCUT2D eigenvalue weighted by Gasteiger charge is 2.30. The summed E-state index contributed by atoms with van der Waals surface area (Å²) < 4.78 is 68.0. The number of ether oxygens (including phenoxy) is 4. The molecule has 17 nitrogen and oxygen atoms in total. The van der Waals surface area contributed by atoms with Crippen molar-refractivity contribution < 1.29 is 80.2 Å². The predicted molar refractivity (Wildman–Crippen MR) is 331 cm³/mol. The first-order chi connectivity index (χ1) is 39.8. The Morgan fingerprint density at radius 1 is 0.349 bits per heavy atom. The maximum absolute atomic E-state index is 13.0. The van der Waals surface area contributed by atoms with Crippen molar-refractivity contribution in [1.82, 2.24) is 0 Å². The maximum atomic E-state index is 13.0. The molecule has 0 aromatic carbocycles. The molecule has 0 saturated heterocycles. The highest BCUT2D eigenvalue weighted by Crippen LogP contribution is 2.45. The molecule has 0 heterocycles. The molecule has 0 amide bonds. The van der Waals surface area contributed by atoms with E-state index in [1.165, 1.54) is 116 Å². The van der Waals surface area contributed by atoms with Gasteiger partial charge in [-0.25, -0.2) is 9.13 Å². The molecule has 3 unspecified atom stereocenters. The molecule has 0 bridgehead atoms. The minimum absolute atomic E-state index is 0.103. The Balaban J connectivity index is 5.26. The van der Waals surface area contributed by atoms with Gasteiger partial charge >= 0.3 is 39.5 Å². The van der Waals surface area contributed by atoms with Gasteiger partial charge in [-0.2, -0.15) is 0 Å². The van der Waals surface area contributed by atoms with Gasteiger partial charge in [-0.15, -0.1) is 0 Å². The van der Waals surface area contributed by atoms with Crippen LogP contribution in [0.3, 0.4) is 0 Å². The molecule has 0 aliphatic carbocycles. The Bertz CT molecular complexity index is 1650. The average Bonchev–Trinajstić information content (AvgIpc) is 3.45. The van der Waals surface area contributed by atoms with Crippen LogP contribution in [0.2, 0.25) is 0 Å². The van der Waals surface area contributed by atoms with Crippen LogP contribution in [0.5, 0.6) is 0 Å². The third kappa shape index (κ3) is 57.6. The number of hydrogen-bond acceptors (Lipinski definition) is 15. The van der Waals surface area contributed by atoms with E-state index >= 15 is 0 Å². The Morgan fingerprint density at radius 2 is 0.614 bits per heavy atom. The van der Waals surface area contributed by atoms with Crippen molar-refractivity contribution in [1.29, 1.82) is 0 Å². The lowest BCUT2D eigenvalue weighted by Gasteiger charge is -2.21. The lowest BCUT2D eigenvalue weighted by Crippen LogP contribution is -2.30. The molecule has 19 heteroatoms. The molecule has 492 valence electrons. The van der Waals surface area contributed by atoms with Crippen LogP contribution in [0.25, 0.3) is 0 Å². The average molecular weight is 1230 g/mol. The second kappa shape index (κ2) is 55.4. The molecule has 0 aliphatic rings. The minimum atomic E-state index is -4.94. The van der Waals surface area contributed by atoms with E-state index in [1.807, 2.05) is 0 Å². The monoisotopic (exact) mass is 1230 g/mol. The summed E-state index contributed by atoms with van der Waals surface area (Å²) >= 11 is 0. The van der Waals surface area contributed by atoms with Gasteiger partial charge in [-0.05, 0) is 43.4 Å². The van der Waals surface area contributed by atoms with Gasteiger partial charge < -0.3 is 33.8 Å². The molecule has 0 saturated carbocycles. The quantitative estimate of drug-likeness (QED) is 0.0222. The minimum Gasteiger partial charge on any atom is -0.462 e. The number of carbonyl (C=O) groups is 4. The Labute approximate surface area is 505 Å². The first kappa shape index (κ1) is 81.1. The molecule has 0 rings (SSSR count). The molecule has 0 aromatic heterocycles. The SMILES string of the molecule is CCCCCCCCCCCCCC(=O)O[C@H](COC(=O)CCCCCCCCC(C)CC)COP(=O)(O)OC[C@H](O)COP(=O)(O)OC[C@@H](COC(=O)CCCCCCCCCCC(C)C)OC(=O)CCCCCCCCCCC(C)C. The molecule has 0 aromatic rings. The molecule has 0 aliphatic heterocycles. The zero-order valence-electron chi connectivity index (χ0n) is 53.6. The number of aliphatic hydroxyl groups excluding tert-OH is 1. The second-order valence-electron chi connectivity index (χ2n) is 24.3. The standard InChI is InChI=1S/C64H124O17P2/c1-8-10-11-12-13-14-15-16-24-33-40-47-63(68)80-60(52-75-62(67)46-39-32-27-26-30-37-44-57(7)9-2)54-79-83(72,73)77-50-58(65)49-76-82(70,71)78-53-59(81-64(69)48-41-34-25-20-18-22-29-36-43-56(5)6)51-74-61(66)45-38-31-23-19-17-21-28-35-42-55(3)4/h55-60,65H,8-54H2,1-7H3,(H,70,71)(H,72,73)/t57?,58-,59-,60-/m1/s1. The van der Waals surface area contributed by atoms with E-state index in [1.54, 1.807) is 0 Å². The van der Waals surface area contributed by atoms with Crippen LogP contribution in [0.15, 0.2) is 0 Å². The first-order valence-electron chi connectivity index (χ1n) is 33.4. The van der Waals surface area contributed by atoms with Crippen LogP contribution in [0.1, 0.15) is 312 Å². The first-order valence-corrected chi connectivity index (χ1v) is 36.4. The van der Waals surface area contributed by atoms with Crippen LogP contribution in [-0.2, 0) is 65.4 Å². The number of phosphoric ester groups is 2. The fraction of sp³-hybridized carbons (Fsp3) is 0.938. The Hall–Kier alpha value is -1.94. The topological polar surface area (TPSA) is 237 Å². The summed E-state index contributed by atoms with van der Waals surface area (Å²) in [4.78, 5) is 72.2. The summed E-state index contributed by atoms with van der Waals surface area (Å²) in [6.45, 7) is 11.7. The molecule has 0 radical (unpaired) electrons. The predicted octanol–water partition coefficient (Wildman–Crippen LogP) is 17.5. The Morgan fingerprint density at radius 3 is 0.916 bits per heavy atom. The summed E-state index contributed by atoms with van der Waals surface area (Å²) in [6.07, 6.45) is 36.2. The largest absolute Gasteiger partial charge is 0.472 e. The van der Waals surface area contributed by atoms with E-state index in [0.29, 0.717) is 25.7 Å². The molecule has 6 atom stereocenters. The molecule has 83 heavy (non-hydrogen) atoms. The highest BCUT2D eigenvalue weighted by molar-refractivity contribution is 7.47. The number of unbranched alkanes of at least 4 members (excludes halogenated alkanes) is 29. The number of rotatable bonds is 62. The van der Waals surface area contributed by atoms with Gasteiger partial charge in [0, 0.05) is 25.7 Å². The van der Waals surface area contributed by atoms with Crippen LogP contribution in [0.4, 0.5) is 0 Å². The molecule has 0 spiro atoms. The summed E-state index contributed by atoms with van der Waals surface area (Å²) in [7, 11) is -9.89. The summed E-state index contributed by atoms with van der Waals surface area (Å²) in [5, 5.41) is 10.5. The summed E-state index contributed by atoms with van der Waals surface area (Å²) in [5.74, 6) is 0.0382. The van der Waals surface area contributed by atoms with E-state index < -0.39 is 97.5 Å². The van der Waals surface area contributed by atoms with Gasteiger partial charge in [-0.1, -0.05) is 260 Å². The van der Waals surface area contributed by atoms with E-state index in [0.717, 1.165) is 114 Å². The fourth-order valence-electron chi connectivity index (χ4n) is 9.45.